The van der Waals surface area contributed by atoms with Crippen molar-refractivity contribution in [3.63, 3.8) is 0 Å². The molecule has 1 nitrogen and oxygen atoms in total. The lowest BCUT2D eigenvalue weighted by molar-refractivity contribution is -0.0281. The molecule has 6 aliphatic carbocycles. The van der Waals surface area contributed by atoms with Gasteiger partial charge in [-0.3, -0.25) is 0 Å². The minimum Gasteiger partial charge on any atom is -0.310 e. The molecule has 6 aliphatic rings. The number of anilines is 3. The first kappa shape index (κ1) is 32.3. The van der Waals surface area contributed by atoms with Gasteiger partial charge in [-0.15, -0.1) is 0 Å². The summed E-state index contributed by atoms with van der Waals surface area (Å²) in [4.78, 5) is 2.41. The van der Waals surface area contributed by atoms with Gasteiger partial charge in [0.15, 0.2) is 0 Å². The second-order valence-corrected chi connectivity index (χ2v) is 17.7. The third-order valence-electron chi connectivity index (χ3n) is 14.8. The van der Waals surface area contributed by atoms with Crippen molar-refractivity contribution in [2.45, 2.75) is 54.8 Å². The van der Waals surface area contributed by atoms with E-state index >= 15 is 0 Å². The summed E-state index contributed by atoms with van der Waals surface area (Å²) in [5, 5.41) is 0. The average Bonchev–Trinajstić information content (AvgIpc) is 3.71. The summed E-state index contributed by atoms with van der Waals surface area (Å²) in [5.74, 6) is 1.58. The summed E-state index contributed by atoms with van der Waals surface area (Å²) in [6.45, 7) is 4.13. The van der Waals surface area contributed by atoms with Gasteiger partial charge in [0.05, 0.1) is 5.41 Å². The topological polar surface area (TPSA) is 3.24 Å². The highest BCUT2D eigenvalue weighted by Gasteiger charge is 2.59. The number of fused-ring (bicyclic) bond motifs is 10. The van der Waals surface area contributed by atoms with E-state index in [-0.39, 0.29) is 10.8 Å². The van der Waals surface area contributed by atoms with Crippen molar-refractivity contribution >= 4 is 23.1 Å². The summed E-state index contributed by atoms with van der Waals surface area (Å²) in [7, 11) is 0. The lowest BCUT2D eigenvalue weighted by atomic mass is 9.41. The predicted molar refractivity (Wildman–Crippen MR) is 232 cm³/mol. The molecule has 0 saturated heterocycles. The van der Waals surface area contributed by atoms with Gasteiger partial charge in [-0.1, -0.05) is 146 Å². The molecule has 13 rings (SSSR count). The molecule has 4 saturated carbocycles. The third-order valence-corrected chi connectivity index (χ3v) is 14.8. The minimum atomic E-state index is -0.404. The number of nitrogens with zero attached hydrogens (tertiary/aromatic N) is 1. The second-order valence-electron chi connectivity index (χ2n) is 17.7. The summed E-state index contributed by atoms with van der Waals surface area (Å²) in [5.41, 5.74) is 19.0. The molecule has 3 unspecified atom stereocenters. The zero-order valence-corrected chi connectivity index (χ0v) is 31.8. The molecule has 0 heterocycles. The van der Waals surface area contributed by atoms with Gasteiger partial charge in [0.2, 0.25) is 0 Å². The highest BCUT2D eigenvalue weighted by Crippen LogP contribution is 2.68. The summed E-state index contributed by atoms with van der Waals surface area (Å²) in [6, 6.07) is 64.6. The molecule has 0 aliphatic heterocycles. The molecule has 270 valence electrons. The van der Waals surface area contributed by atoms with Gasteiger partial charge in [-0.2, -0.15) is 0 Å². The van der Waals surface area contributed by atoms with Crippen LogP contribution in [0.4, 0.5) is 17.1 Å². The molecule has 0 radical (unpaired) electrons. The largest absolute Gasteiger partial charge is 0.310 e. The quantitative estimate of drug-likeness (QED) is 0.165. The normalized spacial score (nSPS) is 25.7. The van der Waals surface area contributed by atoms with Gasteiger partial charge in [0.1, 0.15) is 0 Å². The fourth-order valence-corrected chi connectivity index (χ4v) is 13.1. The Morgan fingerprint density at radius 1 is 0.446 bits per heavy atom. The van der Waals surface area contributed by atoms with Crippen LogP contribution >= 0.6 is 0 Å². The number of benzene rings is 7. The van der Waals surface area contributed by atoms with Gasteiger partial charge in [0, 0.05) is 17.1 Å². The minimum absolute atomic E-state index is 0.207. The van der Waals surface area contributed by atoms with Crippen molar-refractivity contribution in [2.75, 3.05) is 4.90 Å². The predicted octanol–water partition coefficient (Wildman–Crippen LogP) is 13.9. The molecule has 4 fully saturated rings. The standard InChI is InChI=1S/C55H45N/c1-2-37-14-13-15-40(29-37)53-32-38-28-39(33-53)35-54(34-38,36-53)41-24-27-51-48(30-41)46-21-10-12-23-50(46)55(51)49-22-11-9-20-45(49)47-26-25-44(31-52(47)55)56(42-16-5-3-6-17-42)43-18-7-4-8-19-43/h2-27,29-31,38-39H,1,28,32-36H2. The lowest BCUT2D eigenvalue weighted by Crippen LogP contribution is -2.56. The highest BCUT2D eigenvalue weighted by molar-refractivity contribution is 5.96. The average molecular weight is 720 g/mol. The molecular formula is C55H45N. The van der Waals surface area contributed by atoms with Crippen LogP contribution in [0.25, 0.3) is 28.3 Å². The van der Waals surface area contributed by atoms with Crippen molar-refractivity contribution in [1.29, 1.82) is 0 Å². The van der Waals surface area contributed by atoms with E-state index in [0.29, 0.717) is 0 Å². The first-order valence-electron chi connectivity index (χ1n) is 20.7. The molecular weight excluding hydrogens is 675 g/mol. The van der Waals surface area contributed by atoms with Crippen LogP contribution in [0.5, 0.6) is 0 Å². The van der Waals surface area contributed by atoms with E-state index in [1.807, 2.05) is 6.08 Å². The Morgan fingerprint density at radius 2 is 1.00 bits per heavy atom. The Kier molecular flexibility index (Phi) is 6.81. The van der Waals surface area contributed by atoms with Crippen LogP contribution in [0.3, 0.4) is 0 Å². The maximum Gasteiger partial charge on any atom is 0.0726 e. The van der Waals surface area contributed by atoms with Crippen molar-refractivity contribution < 1.29 is 0 Å². The van der Waals surface area contributed by atoms with Gasteiger partial charge >= 0.3 is 0 Å². The fourth-order valence-electron chi connectivity index (χ4n) is 13.1. The van der Waals surface area contributed by atoms with Gasteiger partial charge < -0.3 is 4.90 Å². The van der Waals surface area contributed by atoms with E-state index in [2.05, 4.69) is 181 Å². The van der Waals surface area contributed by atoms with E-state index in [4.69, 9.17) is 0 Å². The Balaban J connectivity index is 1.05. The number of rotatable bonds is 6. The Hall–Kier alpha value is -5.92. The molecule has 56 heavy (non-hydrogen) atoms. The van der Waals surface area contributed by atoms with Crippen molar-refractivity contribution in [1.82, 2.24) is 0 Å². The Labute approximate surface area is 331 Å². The third kappa shape index (κ3) is 4.37. The van der Waals surface area contributed by atoms with Crippen molar-refractivity contribution in [2.24, 2.45) is 11.8 Å². The van der Waals surface area contributed by atoms with Crippen molar-refractivity contribution in [3.05, 3.63) is 215 Å². The first-order valence-corrected chi connectivity index (χ1v) is 20.7. The monoisotopic (exact) mass is 719 g/mol. The first-order chi connectivity index (χ1) is 27.6. The second kappa shape index (κ2) is 11.8. The summed E-state index contributed by atoms with van der Waals surface area (Å²) < 4.78 is 0. The molecule has 0 amide bonds. The van der Waals surface area contributed by atoms with Gasteiger partial charge in [-0.25, -0.2) is 0 Å². The number of hydrogen-bond donors (Lipinski definition) is 0. The molecule has 1 heteroatoms. The molecule has 4 bridgehead atoms. The Bertz CT molecular complexity index is 2650. The van der Waals surface area contributed by atoms with E-state index < -0.39 is 5.41 Å². The van der Waals surface area contributed by atoms with Crippen LogP contribution in [0.15, 0.2) is 176 Å². The van der Waals surface area contributed by atoms with Crippen LogP contribution in [-0.4, -0.2) is 0 Å². The molecule has 1 spiro atoms. The molecule has 0 aromatic heterocycles. The van der Waals surface area contributed by atoms with E-state index in [0.717, 1.165) is 23.2 Å². The maximum absolute atomic E-state index is 4.13. The smallest absolute Gasteiger partial charge is 0.0726 e. The van der Waals surface area contributed by atoms with Crippen LogP contribution in [0.1, 0.15) is 77.5 Å². The molecule has 0 N–H and O–H groups in total. The van der Waals surface area contributed by atoms with Crippen LogP contribution in [0.2, 0.25) is 0 Å². The van der Waals surface area contributed by atoms with E-state index in [1.54, 1.807) is 11.1 Å². The van der Waals surface area contributed by atoms with Crippen molar-refractivity contribution in [3.8, 4) is 22.3 Å². The molecule has 3 atom stereocenters. The SMILES string of the molecule is C=Cc1cccc(C23CC4CC(C2)CC(c2ccc5c(c2)-c2ccccc2C52c5ccccc5-c5ccc(N(c6ccccc6)c6ccccc6)cc52)(C4)C3)c1. The van der Waals surface area contributed by atoms with Gasteiger partial charge in [-0.05, 0) is 159 Å². The Morgan fingerprint density at radius 3 is 1.64 bits per heavy atom. The van der Waals surface area contributed by atoms with Gasteiger partial charge in [0.25, 0.3) is 0 Å². The van der Waals surface area contributed by atoms with E-state index in [1.165, 1.54) is 94.3 Å². The fraction of sp³-hybridized carbons (Fsp3) is 0.200. The molecule has 7 aromatic carbocycles. The summed E-state index contributed by atoms with van der Waals surface area (Å²) >= 11 is 0. The highest BCUT2D eigenvalue weighted by atomic mass is 15.1. The number of hydrogen-bond acceptors (Lipinski definition) is 1. The van der Waals surface area contributed by atoms with Crippen LogP contribution in [-0.2, 0) is 16.2 Å². The maximum atomic E-state index is 4.13. The number of para-hydroxylation sites is 2. The van der Waals surface area contributed by atoms with E-state index in [9.17, 15) is 0 Å². The zero-order valence-electron chi connectivity index (χ0n) is 31.8. The van der Waals surface area contributed by atoms with Crippen LogP contribution in [0, 0.1) is 11.8 Å². The molecule has 7 aromatic rings. The lowest BCUT2D eigenvalue weighted by Gasteiger charge is -2.63. The summed E-state index contributed by atoms with van der Waals surface area (Å²) in [6.07, 6.45) is 9.99. The van der Waals surface area contributed by atoms with Crippen LogP contribution < -0.4 is 4.90 Å². The zero-order chi connectivity index (χ0) is 37.1.